The molecule has 2 aromatic rings. The summed E-state index contributed by atoms with van der Waals surface area (Å²) in [6.07, 6.45) is 2.63. The number of rotatable bonds is 8. The maximum absolute atomic E-state index is 13.2. The molecule has 1 saturated carbocycles. The fourth-order valence-electron chi connectivity index (χ4n) is 5.34. The van der Waals surface area contributed by atoms with Crippen LogP contribution in [0.2, 0.25) is 0 Å². The van der Waals surface area contributed by atoms with E-state index in [0.29, 0.717) is 25.2 Å². The molecule has 2 amide bonds. The Balaban J connectivity index is 1.41. The van der Waals surface area contributed by atoms with Crippen LogP contribution < -0.4 is 10.6 Å². The number of alkyl carbamates (subject to hydrolysis) is 1. The Kier molecular flexibility index (Phi) is 7.43. The molecule has 0 heterocycles. The predicted octanol–water partition coefficient (Wildman–Crippen LogP) is 4.70. The van der Waals surface area contributed by atoms with Crippen LogP contribution in [0.15, 0.2) is 48.5 Å². The van der Waals surface area contributed by atoms with Gasteiger partial charge in [0.25, 0.3) is 0 Å². The van der Waals surface area contributed by atoms with Crippen LogP contribution in [0.4, 0.5) is 4.79 Å². The van der Waals surface area contributed by atoms with Crippen LogP contribution in [-0.4, -0.2) is 42.3 Å². The van der Waals surface area contributed by atoms with Crippen molar-refractivity contribution in [3.8, 4) is 11.1 Å². The zero-order valence-corrected chi connectivity index (χ0v) is 20.4. The average molecular weight is 479 g/mol. The van der Waals surface area contributed by atoms with Gasteiger partial charge in [-0.05, 0) is 60.3 Å². The molecular formula is C28H34N2O5. The van der Waals surface area contributed by atoms with Crippen LogP contribution in [0.5, 0.6) is 0 Å². The number of carbonyl (C=O) groups excluding carboxylic acids is 2. The lowest BCUT2D eigenvalue weighted by atomic mass is 9.70. The summed E-state index contributed by atoms with van der Waals surface area (Å²) in [4.78, 5) is 37.4. The number of fused-ring (bicyclic) bond motifs is 3. The van der Waals surface area contributed by atoms with Gasteiger partial charge in [0.15, 0.2) is 0 Å². The molecule has 7 heteroatoms. The molecule has 2 aliphatic carbocycles. The average Bonchev–Trinajstić information content (AvgIpc) is 3.19. The van der Waals surface area contributed by atoms with Crippen molar-refractivity contribution in [2.24, 2.45) is 11.3 Å². The Morgan fingerprint density at radius 3 is 2.14 bits per heavy atom. The smallest absolute Gasteiger partial charge is 0.407 e. The van der Waals surface area contributed by atoms with Crippen LogP contribution >= 0.6 is 0 Å². The number of hydrogen-bond donors (Lipinski definition) is 3. The SMILES string of the molecule is CC[C@@H](NC(=O)C1(CNC(=O)OCC2c3ccccc3-c3ccccc32)CCC(C)CC1)C(=O)O. The monoisotopic (exact) mass is 478 g/mol. The molecule has 0 aliphatic heterocycles. The van der Waals surface area contributed by atoms with E-state index < -0.39 is 23.5 Å². The van der Waals surface area contributed by atoms with Gasteiger partial charge >= 0.3 is 12.1 Å². The first-order chi connectivity index (χ1) is 16.8. The van der Waals surface area contributed by atoms with Crippen LogP contribution in [0, 0.1) is 11.3 Å². The van der Waals surface area contributed by atoms with E-state index in [0.717, 1.165) is 35.1 Å². The molecule has 2 aliphatic rings. The third kappa shape index (κ3) is 5.19. The fraction of sp³-hybridized carbons (Fsp3) is 0.464. The summed E-state index contributed by atoms with van der Waals surface area (Å²) in [5, 5.41) is 14.9. The van der Waals surface area contributed by atoms with Crippen molar-refractivity contribution in [2.75, 3.05) is 13.2 Å². The standard InChI is InChI=1S/C28H34N2O5/c1-3-24(25(31)32)30-26(33)28(14-12-18(2)13-15-28)17-29-27(34)35-16-23-21-10-6-4-8-19(21)20-9-5-7-11-22(20)23/h4-11,18,23-24H,3,12-17H2,1-2H3,(H,29,34)(H,30,33)(H,31,32)/t18?,24-,28?/m1/s1. The Hall–Kier alpha value is -3.35. The second-order valence-corrected chi connectivity index (χ2v) is 9.91. The first-order valence-corrected chi connectivity index (χ1v) is 12.5. The fourth-order valence-corrected chi connectivity index (χ4v) is 5.34. The molecule has 7 nitrogen and oxygen atoms in total. The minimum Gasteiger partial charge on any atom is -0.480 e. The summed E-state index contributed by atoms with van der Waals surface area (Å²) in [5.74, 6) is -0.907. The van der Waals surface area contributed by atoms with Crippen molar-refractivity contribution in [1.82, 2.24) is 10.6 Å². The molecule has 0 radical (unpaired) electrons. The zero-order valence-electron chi connectivity index (χ0n) is 20.4. The normalized spacial score (nSPS) is 21.9. The highest BCUT2D eigenvalue weighted by Gasteiger charge is 2.42. The van der Waals surface area contributed by atoms with Gasteiger partial charge in [-0.25, -0.2) is 9.59 Å². The molecule has 2 aromatic carbocycles. The van der Waals surface area contributed by atoms with Crippen molar-refractivity contribution in [3.05, 3.63) is 59.7 Å². The summed E-state index contributed by atoms with van der Waals surface area (Å²) in [7, 11) is 0. The second-order valence-electron chi connectivity index (χ2n) is 9.91. The largest absolute Gasteiger partial charge is 0.480 e. The lowest BCUT2D eigenvalue weighted by Gasteiger charge is -2.38. The molecule has 35 heavy (non-hydrogen) atoms. The number of aliphatic carboxylic acids is 1. The highest BCUT2D eigenvalue weighted by molar-refractivity contribution is 5.88. The van der Waals surface area contributed by atoms with Crippen LogP contribution in [0.1, 0.15) is 63.0 Å². The Labute approximate surface area is 206 Å². The van der Waals surface area contributed by atoms with Crippen molar-refractivity contribution in [2.45, 2.75) is 57.9 Å². The number of carbonyl (C=O) groups is 3. The number of amides is 2. The van der Waals surface area contributed by atoms with Gasteiger partial charge in [-0.3, -0.25) is 4.79 Å². The first-order valence-electron chi connectivity index (χ1n) is 12.5. The van der Waals surface area contributed by atoms with Gasteiger partial charge in [-0.15, -0.1) is 0 Å². The lowest BCUT2D eigenvalue weighted by molar-refractivity contribution is -0.144. The van der Waals surface area contributed by atoms with Gasteiger partial charge in [0.2, 0.25) is 5.91 Å². The second kappa shape index (κ2) is 10.5. The molecule has 0 spiro atoms. The minimum atomic E-state index is -1.05. The number of ether oxygens (including phenoxy) is 1. The van der Waals surface area contributed by atoms with Crippen molar-refractivity contribution in [1.29, 1.82) is 0 Å². The van der Waals surface area contributed by atoms with Gasteiger partial charge in [0.1, 0.15) is 12.6 Å². The minimum absolute atomic E-state index is 0.0400. The summed E-state index contributed by atoms with van der Waals surface area (Å²) in [6.45, 7) is 4.20. The van der Waals surface area contributed by atoms with E-state index in [4.69, 9.17) is 4.74 Å². The van der Waals surface area contributed by atoms with Crippen molar-refractivity contribution in [3.63, 3.8) is 0 Å². The van der Waals surface area contributed by atoms with Gasteiger partial charge in [-0.2, -0.15) is 0 Å². The van der Waals surface area contributed by atoms with Crippen molar-refractivity contribution < 1.29 is 24.2 Å². The van der Waals surface area contributed by atoms with Crippen LogP contribution in [0.3, 0.4) is 0 Å². The molecule has 4 rings (SSSR count). The molecule has 0 bridgehead atoms. The molecular weight excluding hydrogens is 444 g/mol. The first kappa shape index (κ1) is 24.8. The number of hydrogen-bond acceptors (Lipinski definition) is 4. The molecule has 0 unspecified atom stereocenters. The summed E-state index contributed by atoms with van der Waals surface area (Å²) < 4.78 is 5.64. The van der Waals surface area contributed by atoms with Crippen LogP contribution in [0.25, 0.3) is 11.1 Å². The highest BCUT2D eigenvalue weighted by Crippen LogP contribution is 2.44. The molecule has 0 aromatic heterocycles. The highest BCUT2D eigenvalue weighted by atomic mass is 16.5. The third-order valence-electron chi connectivity index (χ3n) is 7.64. The third-order valence-corrected chi connectivity index (χ3v) is 7.64. The van der Waals surface area contributed by atoms with E-state index >= 15 is 0 Å². The quantitative estimate of drug-likeness (QED) is 0.510. The van der Waals surface area contributed by atoms with E-state index in [2.05, 4.69) is 41.8 Å². The van der Waals surface area contributed by atoms with Crippen LogP contribution in [-0.2, 0) is 14.3 Å². The van der Waals surface area contributed by atoms with Gasteiger partial charge in [0, 0.05) is 12.5 Å². The number of benzene rings is 2. The zero-order chi connectivity index (χ0) is 25.0. The van der Waals surface area contributed by atoms with Gasteiger partial charge < -0.3 is 20.5 Å². The lowest BCUT2D eigenvalue weighted by Crippen LogP contribution is -2.54. The molecule has 3 N–H and O–H groups in total. The maximum atomic E-state index is 13.2. The molecule has 1 fully saturated rings. The maximum Gasteiger partial charge on any atom is 0.407 e. The van der Waals surface area contributed by atoms with Crippen molar-refractivity contribution >= 4 is 18.0 Å². The molecule has 186 valence electrons. The summed E-state index contributed by atoms with van der Waals surface area (Å²) in [6, 6.07) is 15.4. The number of nitrogens with one attached hydrogen (secondary N) is 2. The topological polar surface area (TPSA) is 105 Å². The van der Waals surface area contributed by atoms with E-state index in [-0.39, 0.29) is 25.0 Å². The number of carboxylic acid groups (broad SMARTS) is 1. The van der Waals surface area contributed by atoms with E-state index in [1.54, 1.807) is 6.92 Å². The van der Waals surface area contributed by atoms with Gasteiger partial charge in [-0.1, -0.05) is 62.4 Å². The van der Waals surface area contributed by atoms with E-state index in [1.807, 2.05) is 24.3 Å². The Morgan fingerprint density at radius 2 is 1.60 bits per heavy atom. The summed E-state index contributed by atoms with van der Waals surface area (Å²) >= 11 is 0. The van der Waals surface area contributed by atoms with Gasteiger partial charge in [0.05, 0.1) is 5.41 Å². The Bertz CT molecular complexity index is 1040. The molecule has 1 atom stereocenters. The Morgan fingerprint density at radius 1 is 1.03 bits per heavy atom. The molecule has 0 saturated heterocycles. The predicted molar refractivity (Wildman–Crippen MR) is 133 cm³/mol. The summed E-state index contributed by atoms with van der Waals surface area (Å²) in [5.41, 5.74) is 3.76. The van der Waals surface area contributed by atoms with E-state index in [9.17, 15) is 19.5 Å². The van der Waals surface area contributed by atoms with E-state index in [1.165, 1.54) is 0 Å². The number of carboxylic acids is 1.